The summed E-state index contributed by atoms with van der Waals surface area (Å²) < 4.78 is 17.8. The molecule has 0 N–H and O–H groups in total. The molecule has 152 valence electrons. The van der Waals surface area contributed by atoms with Crippen LogP contribution in [0, 0.1) is 0 Å². The molecular weight excluding hydrogens is 340 g/mol. The van der Waals surface area contributed by atoms with E-state index in [0.29, 0.717) is 25.0 Å². The van der Waals surface area contributed by atoms with Gasteiger partial charge in [0.15, 0.2) is 5.79 Å². The lowest BCUT2D eigenvalue weighted by atomic mass is 9.89. The minimum atomic E-state index is -0.612. The number of hydrogen-bond acceptors (Lipinski definition) is 4. The van der Waals surface area contributed by atoms with Gasteiger partial charge < -0.3 is 14.2 Å². The van der Waals surface area contributed by atoms with Crippen LogP contribution in [0.25, 0.3) is 0 Å². The monoisotopic (exact) mass is 376 g/mol. The minimum absolute atomic E-state index is 0.00392. The molecule has 2 aliphatic rings. The summed E-state index contributed by atoms with van der Waals surface area (Å²) in [4.78, 5) is 12.4. The molecule has 27 heavy (non-hydrogen) atoms. The van der Waals surface area contributed by atoms with E-state index in [1.165, 1.54) is 11.1 Å². The molecule has 4 nitrogen and oxygen atoms in total. The normalized spacial score (nSPS) is 35.5. The van der Waals surface area contributed by atoms with Gasteiger partial charge in [-0.25, -0.2) is 4.79 Å². The molecule has 1 aliphatic heterocycles. The topological polar surface area (TPSA) is 44.8 Å². The van der Waals surface area contributed by atoms with Gasteiger partial charge in [0.2, 0.25) is 0 Å². The van der Waals surface area contributed by atoms with Crippen molar-refractivity contribution in [2.75, 3.05) is 6.61 Å². The first-order valence-electron chi connectivity index (χ1n) is 10.2. The number of carbonyl (C=O) groups excluding carboxylic acids is 1. The van der Waals surface area contributed by atoms with Crippen LogP contribution in [0.15, 0.2) is 34.9 Å². The Labute approximate surface area is 164 Å². The smallest absolute Gasteiger partial charge is 0.333 e. The zero-order valence-corrected chi connectivity index (χ0v) is 17.9. The van der Waals surface area contributed by atoms with Crippen LogP contribution in [-0.2, 0) is 19.0 Å². The van der Waals surface area contributed by atoms with Crippen LogP contribution < -0.4 is 0 Å². The second-order valence-corrected chi connectivity index (χ2v) is 8.46. The molecule has 0 aromatic carbocycles. The van der Waals surface area contributed by atoms with Crippen molar-refractivity contribution < 1.29 is 19.0 Å². The Bertz CT molecular complexity index is 626. The van der Waals surface area contributed by atoms with Crippen molar-refractivity contribution in [1.29, 1.82) is 0 Å². The summed E-state index contributed by atoms with van der Waals surface area (Å²) in [6.45, 7) is 12.6. The van der Waals surface area contributed by atoms with Crippen molar-refractivity contribution in [2.45, 2.75) is 97.6 Å². The van der Waals surface area contributed by atoms with Crippen LogP contribution in [0.2, 0.25) is 0 Å². The number of esters is 1. The average molecular weight is 377 g/mol. The number of hydrogen-bond donors (Lipinski definition) is 0. The van der Waals surface area contributed by atoms with Crippen LogP contribution in [0.3, 0.4) is 0 Å². The standard InChI is InChI=1S/C23H36O4/c1-7-25-21(24)19-13-11-17(2)9-8-10-18(3)12-14-20-23(6,16-15-19)27-22(4,5)26-20/h10-11,15,20H,7-9,12-14,16H2,1-6H3/b17-11+,18-10+,19-15-/t20-,23+/m0/s1. The third kappa shape index (κ3) is 6.32. The van der Waals surface area contributed by atoms with Crippen molar-refractivity contribution in [3.05, 3.63) is 34.9 Å². The maximum Gasteiger partial charge on any atom is 0.333 e. The lowest BCUT2D eigenvalue weighted by Crippen LogP contribution is -2.36. The average Bonchev–Trinajstić information content (AvgIpc) is 2.81. The molecule has 0 bridgehead atoms. The highest BCUT2D eigenvalue weighted by Gasteiger charge is 2.49. The molecule has 0 aromatic rings. The fourth-order valence-corrected chi connectivity index (χ4v) is 3.85. The van der Waals surface area contributed by atoms with E-state index in [1.54, 1.807) is 0 Å². The third-order valence-corrected chi connectivity index (χ3v) is 5.38. The molecule has 0 saturated carbocycles. The molecule has 1 aliphatic carbocycles. The number of allylic oxidation sites excluding steroid dienone is 4. The zero-order chi connectivity index (χ0) is 20.1. The van der Waals surface area contributed by atoms with Crippen LogP contribution >= 0.6 is 0 Å². The van der Waals surface area contributed by atoms with E-state index in [1.807, 2.05) is 26.8 Å². The second-order valence-electron chi connectivity index (χ2n) is 8.46. The first kappa shape index (κ1) is 21.9. The maximum atomic E-state index is 12.4. The van der Waals surface area contributed by atoms with Gasteiger partial charge in [-0.2, -0.15) is 0 Å². The molecule has 1 saturated heterocycles. The Kier molecular flexibility index (Phi) is 7.47. The van der Waals surface area contributed by atoms with Gasteiger partial charge in [-0.1, -0.05) is 29.4 Å². The molecular formula is C23H36O4. The molecule has 0 radical (unpaired) electrons. The fourth-order valence-electron chi connectivity index (χ4n) is 3.85. The van der Waals surface area contributed by atoms with Gasteiger partial charge in [-0.15, -0.1) is 0 Å². The summed E-state index contributed by atoms with van der Waals surface area (Å²) in [5, 5.41) is 0. The third-order valence-electron chi connectivity index (χ3n) is 5.38. The van der Waals surface area contributed by atoms with Crippen LogP contribution in [0.1, 0.15) is 80.1 Å². The number of rotatable bonds is 2. The van der Waals surface area contributed by atoms with E-state index in [0.717, 1.165) is 25.7 Å². The van der Waals surface area contributed by atoms with Crippen molar-refractivity contribution in [1.82, 2.24) is 0 Å². The Morgan fingerprint density at radius 3 is 2.56 bits per heavy atom. The predicted octanol–water partition coefficient (Wildman–Crippen LogP) is 5.63. The molecule has 1 fully saturated rings. The molecule has 0 unspecified atom stereocenters. The summed E-state index contributed by atoms with van der Waals surface area (Å²) in [6.07, 6.45) is 11.6. The zero-order valence-electron chi connectivity index (χ0n) is 17.9. The van der Waals surface area contributed by atoms with Gasteiger partial charge >= 0.3 is 5.97 Å². The largest absolute Gasteiger partial charge is 0.463 e. The van der Waals surface area contributed by atoms with Crippen molar-refractivity contribution in [3.63, 3.8) is 0 Å². The summed E-state index contributed by atoms with van der Waals surface area (Å²) in [6, 6.07) is 0. The lowest BCUT2D eigenvalue weighted by Gasteiger charge is -2.28. The summed E-state index contributed by atoms with van der Waals surface area (Å²) in [5.74, 6) is -0.845. The predicted molar refractivity (Wildman–Crippen MR) is 108 cm³/mol. The molecule has 2 atom stereocenters. The molecule has 0 aromatic heterocycles. The summed E-state index contributed by atoms with van der Waals surface area (Å²) in [5.41, 5.74) is 2.95. The number of carbonyl (C=O) groups is 1. The van der Waals surface area contributed by atoms with Crippen molar-refractivity contribution in [3.8, 4) is 0 Å². The first-order chi connectivity index (χ1) is 12.6. The summed E-state index contributed by atoms with van der Waals surface area (Å²) >= 11 is 0. The SMILES string of the molecule is CCOC(=O)/C1=C\C[C@@]2(C)OC(C)(C)O[C@H]2CC/C(C)=C/CC/C(C)=C/C1. The van der Waals surface area contributed by atoms with Crippen molar-refractivity contribution in [2.24, 2.45) is 0 Å². The van der Waals surface area contributed by atoms with Gasteiger partial charge in [0, 0.05) is 5.57 Å². The summed E-state index contributed by atoms with van der Waals surface area (Å²) in [7, 11) is 0. The number of fused-ring (bicyclic) bond motifs is 1. The molecule has 4 heteroatoms. The Balaban J connectivity index is 2.33. The van der Waals surface area contributed by atoms with Gasteiger partial charge in [0.25, 0.3) is 0 Å². The quantitative estimate of drug-likeness (QED) is 0.462. The van der Waals surface area contributed by atoms with Crippen LogP contribution in [-0.4, -0.2) is 30.1 Å². The van der Waals surface area contributed by atoms with E-state index in [4.69, 9.17) is 14.2 Å². The Morgan fingerprint density at radius 2 is 1.85 bits per heavy atom. The first-order valence-corrected chi connectivity index (χ1v) is 10.2. The van der Waals surface area contributed by atoms with E-state index in [9.17, 15) is 4.79 Å². The lowest BCUT2D eigenvalue weighted by molar-refractivity contribution is -0.159. The molecule has 2 rings (SSSR count). The van der Waals surface area contributed by atoms with E-state index in [-0.39, 0.29) is 12.1 Å². The maximum absolute atomic E-state index is 12.4. The van der Waals surface area contributed by atoms with Crippen LogP contribution in [0.4, 0.5) is 0 Å². The van der Waals surface area contributed by atoms with E-state index in [2.05, 4.69) is 32.9 Å². The van der Waals surface area contributed by atoms with Gasteiger partial charge in [-0.3, -0.25) is 0 Å². The number of ether oxygens (including phenoxy) is 3. The minimum Gasteiger partial charge on any atom is -0.463 e. The van der Waals surface area contributed by atoms with Gasteiger partial charge in [-0.05, 0) is 80.1 Å². The van der Waals surface area contributed by atoms with E-state index < -0.39 is 11.4 Å². The second kappa shape index (κ2) is 9.20. The highest BCUT2D eigenvalue weighted by molar-refractivity contribution is 5.88. The van der Waals surface area contributed by atoms with Crippen LogP contribution in [0.5, 0.6) is 0 Å². The molecule has 1 heterocycles. The fraction of sp³-hybridized carbons (Fsp3) is 0.696. The highest BCUT2D eigenvalue weighted by atomic mass is 16.8. The van der Waals surface area contributed by atoms with Gasteiger partial charge in [0.05, 0.1) is 18.3 Å². The Morgan fingerprint density at radius 1 is 1.15 bits per heavy atom. The van der Waals surface area contributed by atoms with Crippen molar-refractivity contribution >= 4 is 5.97 Å². The van der Waals surface area contributed by atoms with Gasteiger partial charge in [0.1, 0.15) is 0 Å². The molecule has 0 spiro atoms. The van der Waals surface area contributed by atoms with E-state index >= 15 is 0 Å². The molecule has 0 amide bonds. The Hall–Kier alpha value is -1.39. The highest BCUT2D eigenvalue weighted by Crippen LogP contribution is 2.41.